The Morgan fingerprint density at radius 1 is 0.964 bits per heavy atom. The Morgan fingerprint density at radius 3 is 2.43 bits per heavy atom. The van der Waals surface area contributed by atoms with Crippen molar-refractivity contribution in [3.8, 4) is 0 Å². The zero-order valence-corrected chi connectivity index (χ0v) is 16.1. The van der Waals surface area contributed by atoms with Crippen molar-refractivity contribution < 1.29 is 9.59 Å². The summed E-state index contributed by atoms with van der Waals surface area (Å²) in [6.07, 6.45) is 4.70. The number of amides is 1. The lowest BCUT2D eigenvalue weighted by Gasteiger charge is -2.26. The van der Waals surface area contributed by atoms with E-state index in [1.165, 1.54) is 12.3 Å². The van der Waals surface area contributed by atoms with Gasteiger partial charge in [-0.3, -0.25) is 14.6 Å². The van der Waals surface area contributed by atoms with Crippen molar-refractivity contribution in [1.29, 1.82) is 0 Å². The summed E-state index contributed by atoms with van der Waals surface area (Å²) in [4.78, 5) is 35.4. The molecule has 5 nitrogen and oxygen atoms in total. The number of benzene rings is 2. The third-order valence-electron chi connectivity index (χ3n) is 4.58. The molecule has 0 saturated carbocycles. The lowest BCUT2D eigenvalue weighted by molar-refractivity contribution is 0.0772. The van der Waals surface area contributed by atoms with Crippen LogP contribution in [0.5, 0.6) is 0 Å². The number of nitrogens with zero attached hydrogens (tertiary/aromatic N) is 3. The van der Waals surface area contributed by atoms with Crippen molar-refractivity contribution in [3.05, 3.63) is 77.6 Å². The quantitative estimate of drug-likeness (QED) is 0.503. The summed E-state index contributed by atoms with van der Waals surface area (Å²) in [6.45, 7) is 1.60. The Kier molecular flexibility index (Phi) is 5.48. The highest BCUT2D eigenvalue weighted by atomic mass is 32.2. The maximum atomic E-state index is 12.5. The van der Waals surface area contributed by atoms with E-state index in [1.54, 1.807) is 6.08 Å². The van der Waals surface area contributed by atoms with Gasteiger partial charge in [-0.1, -0.05) is 30.3 Å². The van der Waals surface area contributed by atoms with Crippen molar-refractivity contribution in [1.82, 2.24) is 14.9 Å². The second-order valence-electron chi connectivity index (χ2n) is 6.47. The molecular weight excluding hydrogens is 370 g/mol. The molecule has 2 heterocycles. The molecule has 1 fully saturated rings. The first-order chi connectivity index (χ1) is 13.7. The Labute approximate surface area is 167 Å². The fourth-order valence-electron chi connectivity index (χ4n) is 3.02. The number of fused-ring (bicyclic) bond motifs is 1. The minimum atomic E-state index is -0.204. The third-order valence-corrected chi connectivity index (χ3v) is 5.53. The van der Waals surface area contributed by atoms with Crippen LogP contribution in [-0.4, -0.2) is 51.2 Å². The SMILES string of the molecule is O=C(C=Cc1ccc(C(=O)N2CCSCC2)cc1)c1cnc2ccccc2n1. The fraction of sp³-hybridized carbons (Fsp3) is 0.182. The minimum absolute atomic E-state index is 0.0679. The monoisotopic (exact) mass is 389 g/mol. The highest BCUT2D eigenvalue weighted by Crippen LogP contribution is 2.15. The molecule has 0 atom stereocenters. The van der Waals surface area contributed by atoms with E-state index in [9.17, 15) is 9.59 Å². The Bertz CT molecular complexity index is 1040. The summed E-state index contributed by atoms with van der Waals surface area (Å²) in [5.74, 6) is 1.85. The van der Waals surface area contributed by atoms with E-state index in [0.717, 1.165) is 35.7 Å². The zero-order chi connectivity index (χ0) is 19.3. The topological polar surface area (TPSA) is 63.2 Å². The van der Waals surface area contributed by atoms with Gasteiger partial charge in [0.05, 0.1) is 17.2 Å². The van der Waals surface area contributed by atoms with E-state index < -0.39 is 0 Å². The summed E-state index contributed by atoms with van der Waals surface area (Å²) in [5.41, 5.74) is 3.30. The lowest BCUT2D eigenvalue weighted by Crippen LogP contribution is -2.37. The van der Waals surface area contributed by atoms with Crippen LogP contribution in [0.2, 0.25) is 0 Å². The van der Waals surface area contributed by atoms with Gasteiger partial charge in [0, 0.05) is 30.2 Å². The molecule has 4 rings (SSSR count). The second-order valence-corrected chi connectivity index (χ2v) is 7.69. The van der Waals surface area contributed by atoms with Crippen molar-refractivity contribution in [2.24, 2.45) is 0 Å². The Balaban J connectivity index is 1.44. The minimum Gasteiger partial charge on any atom is -0.337 e. The Hall–Kier alpha value is -2.99. The van der Waals surface area contributed by atoms with E-state index in [-0.39, 0.29) is 11.7 Å². The van der Waals surface area contributed by atoms with Crippen LogP contribution in [0, 0.1) is 0 Å². The number of ketones is 1. The van der Waals surface area contributed by atoms with Crippen LogP contribution >= 0.6 is 11.8 Å². The number of para-hydroxylation sites is 2. The maximum absolute atomic E-state index is 12.5. The van der Waals surface area contributed by atoms with Gasteiger partial charge in [-0.2, -0.15) is 11.8 Å². The largest absolute Gasteiger partial charge is 0.337 e. The van der Waals surface area contributed by atoms with Crippen molar-refractivity contribution in [2.75, 3.05) is 24.6 Å². The van der Waals surface area contributed by atoms with Gasteiger partial charge in [-0.05, 0) is 35.9 Å². The van der Waals surface area contributed by atoms with Crippen LogP contribution in [0.15, 0.2) is 60.8 Å². The highest BCUT2D eigenvalue weighted by molar-refractivity contribution is 7.99. The molecule has 1 saturated heterocycles. The molecule has 1 aromatic heterocycles. The van der Waals surface area contributed by atoms with Crippen LogP contribution < -0.4 is 0 Å². The number of thioether (sulfide) groups is 1. The van der Waals surface area contributed by atoms with E-state index in [1.807, 2.05) is 65.2 Å². The number of hydrogen-bond donors (Lipinski definition) is 0. The number of rotatable bonds is 4. The number of carbonyl (C=O) groups is 2. The normalized spacial score (nSPS) is 14.5. The fourth-order valence-corrected chi connectivity index (χ4v) is 3.92. The van der Waals surface area contributed by atoms with Gasteiger partial charge in [0.25, 0.3) is 5.91 Å². The molecule has 6 heteroatoms. The predicted molar refractivity (Wildman–Crippen MR) is 113 cm³/mol. The third kappa shape index (κ3) is 4.12. The summed E-state index contributed by atoms with van der Waals surface area (Å²) >= 11 is 1.88. The highest BCUT2D eigenvalue weighted by Gasteiger charge is 2.18. The van der Waals surface area contributed by atoms with Crippen molar-refractivity contribution in [3.63, 3.8) is 0 Å². The predicted octanol–water partition coefficient (Wildman–Crippen LogP) is 3.71. The molecular formula is C22H19N3O2S. The Morgan fingerprint density at radius 2 is 1.68 bits per heavy atom. The molecule has 2 aromatic carbocycles. The molecule has 0 radical (unpaired) electrons. The van der Waals surface area contributed by atoms with Gasteiger partial charge in [-0.15, -0.1) is 0 Å². The molecule has 140 valence electrons. The van der Waals surface area contributed by atoms with Crippen LogP contribution in [0.1, 0.15) is 26.4 Å². The number of allylic oxidation sites excluding steroid dienone is 1. The summed E-state index contributed by atoms with van der Waals surface area (Å²) in [6, 6.07) is 14.8. The zero-order valence-electron chi connectivity index (χ0n) is 15.2. The molecule has 1 aliphatic rings. The van der Waals surface area contributed by atoms with Crippen molar-refractivity contribution in [2.45, 2.75) is 0 Å². The van der Waals surface area contributed by atoms with Gasteiger partial charge < -0.3 is 4.90 Å². The molecule has 0 unspecified atom stereocenters. The van der Waals surface area contributed by atoms with E-state index in [0.29, 0.717) is 16.8 Å². The standard InChI is InChI=1S/C22H19N3O2S/c26-21(20-15-23-18-3-1-2-4-19(18)24-20)10-7-16-5-8-17(9-6-16)22(27)25-11-13-28-14-12-25/h1-10,15H,11-14H2. The van der Waals surface area contributed by atoms with Crippen molar-refractivity contribution >= 4 is 40.6 Å². The molecule has 28 heavy (non-hydrogen) atoms. The molecule has 0 spiro atoms. The van der Waals surface area contributed by atoms with Crippen LogP contribution in [0.4, 0.5) is 0 Å². The van der Waals surface area contributed by atoms with E-state index in [4.69, 9.17) is 0 Å². The van der Waals surface area contributed by atoms with Crippen LogP contribution in [0.3, 0.4) is 0 Å². The lowest BCUT2D eigenvalue weighted by atomic mass is 10.1. The molecule has 1 amide bonds. The number of carbonyl (C=O) groups excluding carboxylic acids is 2. The maximum Gasteiger partial charge on any atom is 0.253 e. The summed E-state index contributed by atoms with van der Waals surface area (Å²) in [7, 11) is 0. The summed E-state index contributed by atoms with van der Waals surface area (Å²) in [5, 5.41) is 0. The number of hydrogen-bond acceptors (Lipinski definition) is 5. The average Bonchev–Trinajstić information content (AvgIpc) is 2.77. The van der Waals surface area contributed by atoms with Crippen LogP contribution in [-0.2, 0) is 0 Å². The second kappa shape index (κ2) is 8.35. The van der Waals surface area contributed by atoms with Gasteiger partial charge in [-0.25, -0.2) is 4.98 Å². The molecule has 0 aliphatic carbocycles. The first-order valence-electron chi connectivity index (χ1n) is 9.12. The molecule has 0 N–H and O–H groups in total. The van der Waals surface area contributed by atoms with E-state index in [2.05, 4.69) is 9.97 Å². The first kappa shape index (κ1) is 18.4. The van der Waals surface area contributed by atoms with Gasteiger partial charge in [0.2, 0.25) is 5.78 Å². The van der Waals surface area contributed by atoms with Gasteiger partial charge in [0.15, 0.2) is 0 Å². The molecule has 3 aromatic rings. The molecule has 0 bridgehead atoms. The smallest absolute Gasteiger partial charge is 0.253 e. The summed E-state index contributed by atoms with van der Waals surface area (Å²) < 4.78 is 0. The first-order valence-corrected chi connectivity index (χ1v) is 10.3. The molecule has 1 aliphatic heterocycles. The van der Waals surface area contributed by atoms with Gasteiger partial charge >= 0.3 is 0 Å². The van der Waals surface area contributed by atoms with E-state index >= 15 is 0 Å². The van der Waals surface area contributed by atoms with Gasteiger partial charge in [0.1, 0.15) is 5.69 Å². The van der Waals surface area contributed by atoms with Crippen LogP contribution in [0.25, 0.3) is 17.1 Å². The average molecular weight is 389 g/mol. The number of aromatic nitrogens is 2.